The molecule has 0 saturated heterocycles. The first-order chi connectivity index (χ1) is 5.45. The maximum atomic E-state index is 12.9. The molecule has 0 atom stereocenters. The summed E-state index contributed by atoms with van der Waals surface area (Å²) in [4.78, 5) is 20.3. The van der Waals surface area contributed by atoms with Crippen LogP contribution in [0.25, 0.3) is 0 Å². The number of halogens is 1. The van der Waals surface area contributed by atoms with Crippen LogP contribution in [0.5, 0.6) is 0 Å². The molecule has 5 heteroatoms. The Kier molecular flexibility index (Phi) is 3.23. The molecule has 2 N–H and O–H groups in total. The minimum absolute atomic E-state index is 0.227. The van der Waals surface area contributed by atoms with Gasteiger partial charge in [-0.2, -0.15) is 0 Å². The average Bonchev–Trinajstić information content (AvgIpc) is 1.99. The van der Waals surface area contributed by atoms with Gasteiger partial charge >= 0.3 is 17.6 Å². The normalized spacial score (nSPS) is 10.3. The lowest BCUT2D eigenvalue weighted by Gasteiger charge is -2.13. The molecule has 0 aromatic rings. The minimum atomic E-state index is -3.26. The van der Waals surface area contributed by atoms with Crippen molar-refractivity contribution in [2.75, 3.05) is 0 Å². The van der Waals surface area contributed by atoms with E-state index in [-0.39, 0.29) is 6.42 Å². The smallest absolute Gasteiger partial charge is 0.353 e. The van der Waals surface area contributed by atoms with Gasteiger partial charge in [0.1, 0.15) is 0 Å². The van der Waals surface area contributed by atoms with Crippen LogP contribution in [0.15, 0.2) is 0 Å². The van der Waals surface area contributed by atoms with Crippen molar-refractivity contribution in [3.8, 4) is 12.3 Å². The van der Waals surface area contributed by atoms with Crippen LogP contribution >= 0.6 is 0 Å². The summed E-state index contributed by atoms with van der Waals surface area (Å²) in [6.45, 7) is 0. The van der Waals surface area contributed by atoms with Gasteiger partial charge in [-0.15, -0.1) is 12.3 Å². The molecule has 0 radical (unpaired) electrons. The molecular formula is C7H7FO4. The van der Waals surface area contributed by atoms with Gasteiger partial charge in [-0.05, 0) is 0 Å². The number of rotatable bonds is 4. The van der Waals surface area contributed by atoms with Crippen LogP contribution in [0.3, 0.4) is 0 Å². The highest BCUT2D eigenvalue weighted by Gasteiger charge is 2.46. The summed E-state index contributed by atoms with van der Waals surface area (Å²) in [6.07, 6.45) is 3.79. The highest BCUT2D eigenvalue weighted by molar-refractivity contribution is 6.01. The monoisotopic (exact) mass is 174 g/mol. The van der Waals surface area contributed by atoms with Crippen molar-refractivity contribution in [3.63, 3.8) is 0 Å². The molecule has 0 bridgehead atoms. The molecule has 0 aliphatic rings. The molecule has 0 aromatic heterocycles. The fourth-order valence-corrected chi connectivity index (χ4v) is 0.550. The molecule has 0 saturated carbocycles. The predicted octanol–water partition coefficient (Wildman–Crippen LogP) is 0.277. The number of alkyl halides is 1. The third-order valence-electron chi connectivity index (χ3n) is 1.29. The molecule has 4 nitrogen and oxygen atoms in total. The Morgan fingerprint density at radius 2 is 1.83 bits per heavy atom. The van der Waals surface area contributed by atoms with Gasteiger partial charge in [0.25, 0.3) is 0 Å². The van der Waals surface area contributed by atoms with Gasteiger partial charge in [-0.1, -0.05) is 0 Å². The fraction of sp³-hybridized carbons (Fsp3) is 0.429. The first-order valence-corrected chi connectivity index (χ1v) is 3.04. The van der Waals surface area contributed by atoms with E-state index >= 15 is 0 Å². The van der Waals surface area contributed by atoms with Crippen LogP contribution < -0.4 is 0 Å². The van der Waals surface area contributed by atoms with Crippen molar-refractivity contribution in [3.05, 3.63) is 0 Å². The van der Waals surface area contributed by atoms with Crippen LogP contribution in [0.1, 0.15) is 12.8 Å². The zero-order valence-electron chi connectivity index (χ0n) is 6.08. The van der Waals surface area contributed by atoms with Crippen LogP contribution in [0.2, 0.25) is 0 Å². The van der Waals surface area contributed by atoms with E-state index in [4.69, 9.17) is 16.6 Å². The van der Waals surface area contributed by atoms with Crippen molar-refractivity contribution in [1.29, 1.82) is 0 Å². The number of hydrogen-bond donors (Lipinski definition) is 2. The maximum absolute atomic E-state index is 12.9. The van der Waals surface area contributed by atoms with E-state index in [1.807, 2.05) is 5.92 Å². The van der Waals surface area contributed by atoms with Gasteiger partial charge in [0.05, 0.1) is 0 Å². The Hall–Kier alpha value is -1.57. The average molecular weight is 174 g/mol. The molecule has 0 unspecified atom stereocenters. The lowest BCUT2D eigenvalue weighted by molar-refractivity contribution is -0.167. The molecule has 0 fully saturated rings. The maximum Gasteiger partial charge on any atom is 0.353 e. The minimum Gasteiger partial charge on any atom is -0.478 e. The molecular weight excluding hydrogens is 167 g/mol. The summed E-state index contributed by atoms with van der Waals surface area (Å²) >= 11 is 0. The second-order valence-electron chi connectivity index (χ2n) is 2.12. The van der Waals surface area contributed by atoms with E-state index in [9.17, 15) is 14.0 Å². The van der Waals surface area contributed by atoms with Gasteiger partial charge in [-0.3, -0.25) is 0 Å². The number of terminal acetylenes is 1. The van der Waals surface area contributed by atoms with E-state index in [0.717, 1.165) is 0 Å². The third kappa shape index (κ3) is 1.95. The zero-order chi connectivity index (χ0) is 9.78. The Morgan fingerprint density at radius 3 is 2.08 bits per heavy atom. The van der Waals surface area contributed by atoms with Gasteiger partial charge in [0.15, 0.2) is 0 Å². The quantitative estimate of drug-likeness (QED) is 0.474. The van der Waals surface area contributed by atoms with Gasteiger partial charge in [0.2, 0.25) is 0 Å². The third-order valence-corrected chi connectivity index (χ3v) is 1.29. The zero-order valence-corrected chi connectivity index (χ0v) is 6.08. The van der Waals surface area contributed by atoms with E-state index < -0.39 is 24.0 Å². The van der Waals surface area contributed by atoms with Gasteiger partial charge < -0.3 is 10.2 Å². The van der Waals surface area contributed by atoms with E-state index in [1.165, 1.54) is 0 Å². The topological polar surface area (TPSA) is 74.6 Å². The summed E-state index contributed by atoms with van der Waals surface area (Å²) < 4.78 is 12.9. The SMILES string of the molecule is C#CCCC(F)(C(=O)O)C(=O)O. The lowest BCUT2D eigenvalue weighted by atomic mass is 10.0. The highest BCUT2D eigenvalue weighted by Crippen LogP contribution is 2.18. The molecule has 0 heterocycles. The number of hydrogen-bond acceptors (Lipinski definition) is 2. The van der Waals surface area contributed by atoms with Crippen LogP contribution in [0.4, 0.5) is 4.39 Å². The predicted molar refractivity (Wildman–Crippen MR) is 37.2 cm³/mol. The standard InChI is InChI=1S/C7H7FO4/c1-2-3-4-7(8,5(9)10)6(11)12/h1H,3-4H2,(H,9,10)(H,11,12). The molecule has 0 aromatic carbocycles. The molecule has 66 valence electrons. The fourth-order valence-electron chi connectivity index (χ4n) is 0.550. The molecule has 0 amide bonds. The van der Waals surface area contributed by atoms with Gasteiger partial charge in [0, 0.05) is 12.8 Å². The summed E-state index contributed by atoms with van der Waals surface area (Å²) in [5.74, 6) is -2.08. The summed E-state index contributed by atoms with van der Waals surface area (Å²) in [5.41, 5.74) is -3.26. The van der Waals surface area contributed by atoms with Crippen LogP contribution in [-0.4, -0.2) is 27.8 Å². The van der Waals surface area contributed by atoms with Crippen LogP contribution in [-0.2, 0) is 9.59 Å². The van der Waals surface area contributed by atoms with Crippen molar-refractivity contribution >= 4 is 11.9 Å². The largest absolute Gasteiger partial charge is 0.478 e. The van der Waals surface area contributed by atoms with Gasteiger partial charge in [-0.25, -0.2) is 14.0 Å². The molecule has 0 spiro atoms. The molecule has 0 aliphatic carbocycles. The van der Waals surface area contributed by atoms with Crippen molar-refractivity contribution in [2.45, 2.75) is 18.5 Å². The van der Waals surface area contributed by atoms with Crippen LogP contribution in [0, 0.1) is 12.3 Å². The number of carbonyl (C=O) groups is 2. The summed E-state index contributed by atoms with van der Waals surface area (Å²) in [7, 11) is 0. The number of aliphatic carboxylic acids is 2. The van der Waals surface area contributed by atoms with E-state index in [1.54, 1.807) is 0 Å². The Labute approximate surface area is 68.0 Å². The summed E-state index contributed by atoms with van der Waals surface area (Å²) in [5, 5.41) is 16.4. The lowest BCUT2D eigenvalue weighted by Crippen LogP contribution is -2.42. The molecule has 0 aliphatic heterocycles. The van der Waals surface area contributed by atoms with Crippen molar-refractivity contribution in [1.82, 2.24) is 0 Å². The second-order valence-corrected chi connectivity index (χ2v) is 2.12. The Balaban J connectivity index is 4.54. The Morgan fingerprint density at radius 1 is 1.42 bits per heavy atom. The highest BCUT2D eigenvalue weighted by atomic mass is 19.1. The van der Waals surface area contributed by atoms with Crippen molar-refractivity contribution < 1.29 is 24.2 Å². The Bertz CT molecular complexity index is 226. The van der Waals surface area contributed by atoms with E-state index in [0.29, 0.717) is 0 Å². The first-order valence-electron chi connectivity index (χ1n) is 3.04. The number of carboxylic acid groups (broad SMARTS) is 2. The molecule has 0 rings (SSSR count). The second kappa shape index (κ2) is 3.72. The van der Waals surface area contributed by atoms with Crippen molar-refractivity contribution in [2.24, 2.45) is 0 Å². The first kappa shape index (κ1) is 10.4. The molecule has 12 heavy (non-hydrogen) atoms. The number of carboxylic acids is 2. The summed E-state index contributed by atoms with van der Waals surface area (Å²) in [6, 6.07) is 0. The van der Waals surface area contributed by atoms with E-state index in [2.05, 4.69) is 0 Å².